The molecule has 0 rings (SSSR count). The van der Waals surface area contributed by atoms with Crippen LogP contribution < -0.4 is 160 Å². The molecule has 0 aromatic carbocycles. The van der Waals surface area contributed by atoms with E-state index < -0.39 is 35.4 Å². The van der Waals surface area contributed by atoms with Crippen LogP contribution >= 0.6 is 23.5 Å². The molecule has 26 heavy (non-hydrogen) atoms. The van der Waals surface area contributed by atoms with Crippen molar-refractivity contribution in [1.82, 2.24) is 12.3 Å². The molecule has 0 unspecified atom stereocenters. The monoisotopic (exact) mass is 488 g/mol. The van der Waals surface area contributed by atoms with Gasteiger partial charge in [0.2, 0.25) is 0 Å². The minimum Gasteiger partial charge on any atom is -0.790 e. The SMILES string of the molecule is O=C(O)C(=O)O.O=P([O-])([O-])O.O=P([O-])([O-])OP(=O)([O-])[O-].[NH4+].[NH4+].[Na+].[Na+].[Na+].[Na+]. The van der Waals surface area contributed by atoms with Crippen LogP contribution in [0.3, 0.4) is 0 Å². The van der Waals surface area contributed by atoms with E-state index in [0.29, 0.717) is 0 Å². The summed E-state index contributed by atoms with van der Waals surface area (Å²) in [6.07, 6.45) is 0. The first kappa shape index (κ1) is 56.9. The molecule has 0 spiro atoms. The average molecular weight is 488 g/mol. The Balaban J connectivity index is -0.0000000221. The molecule has 0 radical (unpaired) electrons. The summed E-state index contributed by atoms with van der Waals surface area (Å²) in [6.45, 7) is 0. The van der Waals surface area contributed by atoms with Gasteiger partial charge in [0.1, 0.15) is 0 Å². The van der Waals surface area contributed by atoms with E-state index in [2.05, 4.69) is 4.31 Å². The molecule has 0 saturated heterocycles. The van der Waals surface area contributed by atoms with Gasteiger partial charge in [0.25, 0.3) is 0 Å². The molecule has 0 aliphatic rings. The zero-order chi connectivity index (χ0) is 17.4. The number of rotatable bonds is 2. The number of carboxylic acids is 2. The molecule has 0 saturated carbocycles. The molecule has 0 heterocycles. The normalized spacial score (nSPS) is 8.73. The van der Waals surface area contributed by atoms with Crippen molar-refractivity contribution in [3.8, 4) is 0 Å². The van der Waals surface area contributed by atoms with Crippen molar-refractivity contribution in [2.24, 2.45) is 0 Å². The second kappa shape index (κ2) is 26.3. The molecule has 24 heteroatoms. The molecule has 17 nitrogen and oxygen atoms in total. The Morgan fingerprint density at radius 2 is 0.769 bits per heavy atom. The van der Waals surface area contributed by atoms with Crippen molar-refractivity contribution < 1.29 is 190 Å². The van der Waals surface area contributed by atoms with Crippen LogP contribution in [0.15, 0.2) is 0 Å². The molecule has 0 aromatic rings. The van der Waals surface area contributed by atoms with Crippen LogP contribution in [0, 0.1) is 0 Å². The van der Waals surface area contributed by atoms with Gasteiger partial charge in [-0.1, -0.05) is 0 Å². The third kappa shape index (κ3) is 107. The first-order chi connectivity index (χ1) is 8.35. The Bertz CT molecular complexity index is 429. The maximum atomic E-state index is 9.32. The number of carbonyl (C=O) groups is 2. The van der Waals surface area contributed by atoms with Gasteiger partial charge in [-0.3, -0.25) is 0 Å². The third-order valence-corrected chi connectivity index (χ3v) is 1.98. The van der Waals surface area contributed by atoms with Crippen LogP contribution in [0.2, 0.25) is 0 Å². The second-order valence-corrected chi connectivity index (χ2v) is 5.43. The van der Waals surface area contributed by atoms with E-state index in [1.165, 1.54) is 0 Å². The first-order valence-electron chi connectivity index (χ1n) is 3.31. The number of hydrogen-bond donors (Lipinski definition) is 5. The van der Waals surface area contributed by atoms with Crippen molar-refractivity contribution in [1.29, 1.82) is 0 Å². The second-order valence-electron chi connectivity index (χ2n) is 2.05. The molecule has 0 aliphatic heterocycles. The van der Waals surface area contributed by atoms with Crippen molar-refractivity contribution in [2.45, 2.75) is 0 Å². The molecule has 0 aliphatic carbocycles. The molecular weight excluding hydrogens is 477 g/mol. The van der Waals surface area contributed by atoms with Crippen molar-refractivity contribution in [2.75, 3.05) is 0 Å². The van der Waals surface area contributed by atoms with E-state index in [1.54, 1.807) is 0 Å². The Morgan fingerprint density at radius 3 is 0.769 bits per heavy atom. The number of phosphoric acid groups is 3. The van der Waals surface area contributed by atoms with Crippen LogP contribution in [0.25, 0.3) is 0 Å². The summed E-state index contributed by atoms with van der Waals surface area (Å²) in [5.74, 6) is -3.65. The van der Waals surface area contributed by atoms with Gasteiger partial charge in [-0.25, -0.2) is 9.59 Å². The summed E-state index contributed by atoms with van der Waals surface area (Å²) < 4.78 is 29.8. The van der Waals surface area contributed by atoms with Gasteiger partial charge in [-0.15, -0.1) is 0 Å². The van der Waals surface area contributed by atoms with E-state index in [0.717, 1.165) is 0 Å². The van der Waals surface area contributed by atoms with Gasteiger partial charge in [-0.05, 0) is 0 Å². The quantitative estimate of drug-likeness (QED) is 0.137. The van der Waals surface area contributed by atoms with Crippen molar-refractivity contribution >= 4 is 35.4 Å². The van der Waals surface area contributed by atoms with Gasteiger partial charge in [0.15, 0.2) is 0 Å². The van der Waals surface area contributed by atoms with Crippen LogP contribution in [0.1, 0.15) is 0 Å². The standard InChI is InChI=1S/C2H2O4.2H3N.4Na.H4O7P2.H3O4P/c3-1(4)2(5)6;;;;;;;1-8(2,3)7-9(4,5)6;1-5(2,3)4/h(H,3,4)(H,5,6);2*1H3;;;;;(H2,1,2,3)(H2,4,5,6);(H3,1,2,3,4)/q;;;4*+1;;/p-4. The Morgan fingerprint density at radius 1 is 0.654 bits per heavy atom. The maximum Gasteiger partial charge on any atom is 1.00 e. The topological polar surface area (TPSA) is 367 Å². The predicted octanol–water partition coefficient (Wildman–Crippen LogP) is -17.6. The van der Waals surface area contributed by atoms with Gasteiger partial charge in [0.05, 0.1) is 23.5 Å². The zero-order valence-electron chi connectivity index (χ0n) is 14.6. The fraction of sp³-hybridized carbons (Fsp3) is 0. The summed E-state index contributed by atoms with van der Waals surface area (Å²) in [7, 11) is -16.5. The van der Waals surface area contributed by atoms with Crippen LogP contribution in [-0.2, 0) is 27.6 Å². The van der Waals surface area contributed by atoms with Crippen molar-refractivity contribution in [3.63, 3.8) is 0 Å². The molecular formula is C2H11N2Na4O15P3. The summed E-state index contributed by atoms with van der Waals surface area (Å²) >= 11 is 0. The smallest absolute Gasteiger partial charge is 0.790 e. The summed E-state index contributed by atoms with van der Waals surface area (Å²) in [4.78, 5) is 79.8. The molecule has 0 fully saturated rings. The van der Waals surface area contributed by atoms with E-state index >= 15 is 0 Å². The number of aliphatic carboxylic acids is 2. The fourth-order valence-electron chi connectivity index (χ4n) is 0.122. The number of hydrogen-bond acceptors (Lipinski definition) is 12. The Kier molecular flexibility index (Phi) is 57.5. The minimum atomic E-state index is -5.68. The molecule has 138 valence electrons. The number of carboxylic acid groups (broad SMARTS) is 2. The van der Waals surface area contributed by atoms with Crippen LogP contribution in [-0.4, -0.2) is 27.0 Å². The van der Waals surface area contributed by atoms with Crippen LogP contribution in [0.5, 0.6) is 0 Å². The van der Waals surface area contributed by atoms with Gasteiger partial charge < -0.3 is 74.8 Å². The van der Waals surface area contributed by atoms with E-state index in [4.69, 9.17) is 39.0 Å². The molecule has 0 amide bonds. The Hall–Kier alpha value is 3.23. The molecule has 0 bridgehead atoms. The molecule has 0 atom stereocenters. The van der Waals surface area contributed by atoms with E-state index in [-0.39, 0.29) is 131 Å². The van der Waals surface area contributed by atoms with Gasteiger partial charge >= 0.3 is 130 Å². The Labute approximate surface area is 234 Å². The molecule has 11 N–H and O–H groups in total. The average Bonchev–Trinajstić information content (AvgIpc) is 1.92. The third-order valence-electron chi connectivity index (χ3n) is 0.383. The largest absolute Gasteiger partial charge is 1.00 e. The van der Waals surface area contributed by atoms with Crippen LogP contribution in [0.4, 0.5) is 0 Å². The van der Waals surface area contributed by atoms with Gasteiger partial charge in [0, 0.05) is 0 Å². The maximum absolute atomic E-state index is 9.32. The minimum absolute atomic E-state index is 0. The first-order valence-corrected chi connectivity index (χ1v) is 7.73. The van der Waals surface area contributed by atoms with Crippen molar-refractivity contribution in [3.05, 3.63) is 0 Å². The fourth-order valence-corrected chi connectivity index (χ4v) is 1.10. The summed E-state index contributed by atoms with van der Waals surface area (Å²) in [5.41, 5.74) is 0. The molecule has 0 aromatic heterocycles. The summed E-state index contributed by atoms with van der Waals surface area (Å²) in [6, 6.07) is 0. The number of quaternary nitrogens is 2. The summed E-state index contributed by atoms with van der Waals surface area (Å²) in [5, 5.41) is 14.8. The zero-order valence-corrected chi connectivity index (χ0v) is 25.3. The predicted molar refractivity (Wildman–Crippen MR) is 53.4 cm³/mol. The van der Waals surface area contributed by atoms with Gasteiger partial charge in [-0.2, -0.15) is 0 Å². The van der Waals surface area contributed by atoms with E-state index in [9.17, 15) is 28.7 Å². The van der Waals surface area contributed by atoms with E-state index in [1.807, 2.05) is 0 Å².